The van der Waals surface area contributed by atoms with Crippen LogP contribution in [0.5, 0.6) is 0 Å². The van der Waals surface area contributed by atoms with Gasteiger partial charge in [-0.05, 0) is 36.2 Å². The Labute approximate surface area is 198 Å². The van der Waals surface area contributed by atoms with Gasteiger partial charge in [-0.1, -0.05) is 35.9 Å². The van der Waals surface area contributed by atoms with Crippen LogP contribution in [0.3, 0.4) is 0 Å². The molecule has 1 aliphatic carbocycles. The van der Waals surface area contributed by atoms with E-state index in [9.17, 15) is 9.59 Å². The lowest BCUT2D eigenvalue weighted by molar-refractivity contribution is -0.146. The second kappa shape index (κ2) is 8.90. The summed E-state index contributed by atoms with van der Waals surface area (Å²) in [4.78, 5) is 31.8. The first-order valence-corrected chi connectivity index (χ1v) is 11.1. The highest BCUT2D eigenvalue weighted by atomic mass is 35.5. The summed E-state index contributed by atoms with van der Waals surface area (Å²) >= 11 is 6.54. The first-order valence-electron chi connectivity index (χ1n) is 10.7. The maximum absolute atomic E-state index is 13.4. The highest BCUT2D eigenvalue weighted by molar-refractivity contribution is 6.33. The SMILES string of the molecule is CC(=O)O[C@H]1Cc2ccccc2[C@H]1Nc1c(C)nc(-c2ccc(N(C)C)cc2Cl)n(C)c1=O. The summed E-state index contributed by atoms with van der Waals surface area (Å²) in [5.74, 6) is 0.134. The first-order chi connectivity index (χ1) is 15.7. The quantitative estimate of drug-likeness (QED) is 0.570. The molecule has 1 N–H and O–H groups in total. The van der Waals surface area contributed by atoms with E-state index in [0.29, 0.717) is 34.2 Å². The predicted octanol–water partition coefficient (Wildman–Crippen LogP) is 4.12. The fourth-order valence-electron chi connectivity index (χ4n) is 4.29. The fraction of sp³-hybridized carbons (Fsp3) is 0.320. The van der Waals surface area contributed by atoms with Gasteiger partial charge in [0.25, 0.3) is 5.56 Å². The van der Waals surface area contributed by atoms with Crippen molar-refractivity contribution in [2.45, 2.75) is 32.4 Å². The van der Waals surface area contributed by atoms with E-state index in [-0.39, 0.29) is 17.6 Å². The van der Waals surface area contributed by atoms with Crippen molar-refractivity contribution >= 4 is 28.9 Å². The largest absolute Gasteiger partial charge is 0.460 e. The van der Waals surface area contributed by atoms with Crippen LogP contribution in [-0.4, -0.2) is 35.7 Å². The minimum absolute atomic E-state index is 0.226. The summed E-state index contributed by atoms with van der Waals surface area (Å²) in [5.41, 5.74) is 4.44. The zero-order chi connectivity index (χ0) is 23.9. The topological polar surface area (TPSA) is 76.5 Å². The highest BCUT2D eigenvalue weighted by Gasteiger charge is 2.35. The third-order valence-corrected chi connectivity index (χ3v) is 6.29. The van der Waals surface area contributed by atoms with Crippen LogP contribution in [0.1, 0.15) is 29.8 Å². The van der Waals surface area contributed by atoms with Crippen molar-refractivity contribution in [3.8, 4) is 11.4 Å². The number of rotatable bonds is 5. The lowest BCUT2D eigenvalue weighted by Gasteiger charge is -2.24. The van der Waals surface area contributed by atoms with Crippen molar-refractivity contribution in [1.82, 2.24) is 9.55 Å². The molecule has 1 heterocycles. The zero-order valence-electron chi connectivity index (χ0n) is 19.3. The minimum atomic E-state index is -0.406. The van der Waals surface area contributed by atoms with Crippen LogP contribution in [-0.2, 0) is 23.0 Å². The van der Waals surface area contributed by atoms with E-state index in [2.05, 4.69) is 5.32 Å². The standard InChI is InChI=1S/C25H27ClN4O3/c1-14-22(28-23-18-9-7-6-8-16(18)12-21(23)33-15(2)31)25(32)30(5)24(27-14)19-11-10-17(29(3)4)13-20(19)26/h6-11,13,21,23,28H,12H2,1-5H3/t21-,23+/m0/s1. The van der Waals surface area contributed by atoms with Crippen molar-refractivity contribution in [1.29, 1.82) is 0 Å². The Hall–Kier alpha value is -3.32. The van der Waals surface area contributed by atoms with E-state index in [1.807, 2.05) is 61.5 Å². The molecule has 8 heteroatoms. The summed E-state index contributed by atoms with van der Waals surface area (Å²) in [7, 11) is 5.56. The van der Waals surface area contributed by atoms with E-state index in [4.69, 9.17) is 21.3 Å². The minimum Gasteiger partial charge on any atom is -0.460 e. The van der Waals surface area contributed by atoms with Gasteiger partial charge in [0, 0.05) is 45.7 Å². The van der Waals surface area contributed by atoms with Crippen LogP contribution in [0.4, 0.5) is 11.4 Å². The third-order valence-electron chi connectivity index (χ3n) is 5.98. The fourth-order valence-corrected chi connectivity index (χ4v) is 4.55. The molecule has 0 radical (unpaired) electrons. The third kappa shape index (κ3) is 4.33. The lowest BCUT2D eigenvalue weighted by Crippen LogP contribution is -2.31. The number of anilines is 2. The Morgan fingerprint density at radius 2 is 1.97 bits per heavy atom. The molecule has 2 atom stereocenters. The van der Waals surface area contributed by atoms with E-state index in [0.717, 1.165) is 16.8 Å². The Kier molecular flexibility index (Phi) is 6.17. The number of aromatic nitrogens is 2. The maximum Gasteiger partial charge on any atom is 0.302 e. The van der Waals surface area contributed by atoms with E-state index in [1.54, 1.807) is 14.0 Å². The van der Waals surface area contributed by atoms with Gasteiger partial charge in [-0.2, -0.15) is 0 Å². The second-order valence-electron chi connectivity index (χ2n) is 8.49. The van der Waals surface area contributed by atoms with Gasteiger partial charge in [0.2, 0.25) is 0 Å². The van der Waals surface area contributed by atoms with E-state index in [1.165, 1.54) is 11.5 Å². The highest BCUT2D eigenvalue weighted by Crippen LogP contribution is 2.36. The summed E-state index contributed by atoms with van der Waals surface area (Å²) in [6.45, 7) is 3.18. The average Bonchev–Trinajstić information content (AvgIpc) is 3.10. The molecular formula is C25H27ClN4O3. The Balaban J connectivity index is 1.74. The predicted molar refractivity (Wildman–Crippen MR) is 131 cm³/mol. The molecule has 0 unspecified atom stereocenters. The van der Waals surface area contributed by atoms with E-state index >= 15 is 0 Å². The van der Waals surface area contributed by atoms with Crippen LogP contribution in [0.15, 0.2) is 47.3 Å². The second-order valence-corrected chi connectivity index (χ2v) is 8.90. The monoisotopic (exact) mass is 466 g/mol. The molecule has 1 aliphatic rings. The van der Waals surface area contributed by atoms with Gasteiger partial charge in [-0.25, -0.2) is 4.98 Å². The number of hydrogen-bond donors (Lipinski definition) is 1. The normalized spacial score (nSPS) is 16.9. The number of hydrogen-bond acceptors (Lipinski definition) is 6. The van der Waals surface area contributed by atoms with Gasteiger partial charge >= 0.3 is 5.97 Å². The van der Waals surface area contributed by atoms with Gasteiger partial charge in [0.05, 0.1) is 16.8 Å². The number of fused-ring (bicyclic) bond motifs is 1. The molecule has 1 aromatic heterocycles. The van der Waals surface area contributed by atoms with Gasteiger partial charge in [-0.3, -0.25) is 14.2 Å². The van der Waals surface area contributed by atoms with Crippen LogP contribution in [0.25, 0.3) is 11.4 Å². The number of halogens is 1. The van der Waals surface area contributed by atoms with Gasteiger partial charge < -0.3 is 15.0 Å². The first kappa shape index (κ1) is 22.9. The molecule has 0 saturated heterocycles. The molecule has 7 nitrogen and oxygen atoms in total. The molecule has 0 bridgehead atoms. The molecule has 0 saturated carbocycles. The van der Waals surface area contributed by atoms with Crippen LogP contribution >= 0.6 is 11.6 Å². The Bertz CT molecular complexity index is 1290. The molecule has 0 fully saturated rings. The molecule has 0 aliphatic heterocycles. The van der Waals surface area contributed by atoms with Crippen molar-refractivity contribution in [3.63, 3.8) is 0 Å². The lowest BCUT2D eigenvalue weighted by atomic mass is 10.1. The van der Waals surface area contributed by atoms with Crippen molar-refractivity contribution in [2.75, 3.05) is 24.3 Å². The zero-order valence-corrected chi connectivity index (χ0v) is 20.1. The molecular weight excluding hydrogens is 440 g/mol. The Morgan fingerprint density at radius 3 is 2.64 bits per heavy atom. The summed E-state index contributed by atoms with van der Waals surface area (Å²) in [6.07, 6.45) is 0.184. The molecule has 4 rings (SSSR count). The summed E-state index contributed by atoms with van der Waals surface area (Å²) in [5, 5.41) is 3.85. The molecule has 172 valence electrons. The number of carbonyl (C=O) groups excluding carboxylic acids is 1. The van der Waals surface area contributed by atoms with Crippen molar-refractivity contribution in [3.05, 3.63) is 74.7 Å². The van der Waals surface area contributed by atoms with Crippen LogP contribution < -0.4 is 15.8 Å². The molecule has 33 heavy (non-hydrogen) atoms. The number of ether oxygens (including phenoxy) is 1. The van der Waals surface area contributed by atoms with Crippen LogP contribution in [0.2, 0.25) is 5.02 Å². The number of esters is 1. The maximum atomic E-state index is 13.4. The van der Waals surface area contributed by atoms with Gasteiger partial charge in [-0.15, -0.1) is 0 Å². The molecule has 3 aromatic rings. The average molecular weight is 467 g/mol. The summed E-state index contributed by atoms with van der Waals surface area (Å²) in [6, 6.07) is 13.2. The van der Waals surface area contributed by atoms with Crippen molar-refractivity contribution < 1.29 is 9.53 Å². The van der Waals surface area contributed by atoms with Gasteiger partial charge in [0.15, 0.2) is 0 Å². The smallest absolute Gasteiger partial charge is 0.302 e. The van der Waals surface area contributed by atoms with E-state index < -0.39 is 6.10 Å². The number of aryl methyl sites for hydroxylation is 1. The number of nitrogens with one attached hydrogen (secondary N) is 1. The van der Waals surface area contributed by atoms with Crippen molar-refractivity contribution in [2.24, 2.45) is 7.05 Å². The Morgan fingerprint density at radius 1 is 1.24 bits per heavy atom. The molecule has 0 amide bonds. The number of carbonyl (C=O) groups is 1. The molecule has 2 aromatic carbocycles. The number of nitrogens with zero attached hydrogens (tertiary/aromatic N) is 3. The van der Waals surface area contributed by atoms with Gasteiger partial charge in [0.1, 0.15) is 17.6 Å². The molecule has 0 spiro atoms. The number of benzene rings is 2. The summed E-state index contributed by atoms with van der Waals surface area (Å²) < 4.78 is 7.07. The van der Waals surface area contributed by atoms with Crippen LogP contribution in [0, 0.1) is 6.92 Å².